The highest BCUT2D eigenvalue weighted by molar-refractivity contribution is 7.89. The summed E-state index contributed by atoms with van der Waals surface area (Å²) in [6.45, 7) is 5.55. The Kier molecular flexibility index (Phi) is 5.49. The van der Waals surface area contributed by atoms with Gasteiger partial charge in [-0.15, -0.1) is 0 Å². The number of carbonyl (C=O) groups excluding carboxylic acids is 1. The van der Waals surface area contributed by atoms with Crippen LogP contribution in [0, 0.1) is 0 Å². The van der Waals surface area contributed by atoms with Crippen LogP contribution in [0.2, 0.25) is 0 Å². The largest absolute Gasteiger partial charge is 0.462 e. The van der Waals surface area contributed by atoms with Crippen molar-refractivity contribution in [3.05, 3.63) is 11.8 Å². The van der Waals surface area contributed by atoms with Crippen LogP contribution in [0.3, 0.4) is 0 Å². The van der Waals surface area contributed by atoms with Crippen molar-refractivity contribution in [2.45, 2.75) is 44.7 Å². The number of carbonyl (C=O) groups is 1. The fourth-order valence-corrected chi connectivity index (χ4v) is 3.01. The first-order chi connectivity index (χ1) is 8.92. The molecule has 0 spiro atoms. The summed E-state index contributed by atoms with van der Waals surface area (Å²) in [6.07, 6.45) is 2.72. The quantitative estimate of drug-likeness (QED) is 0.731. The molecule has 0 bridgehead atoms. The molecular formula is C11H19N3O4S. The van der Waals surface area contributed by atoms with Gasteiger partial charge in [0.1, 0.15) is 5.56 Å². The second-order valence-corrected chi connectivity index (χ2v) is 5.80. The number of hydrogen-bond donors (Lipinski definition) is 2. The third kappa shape index (κ3) is 4.03. The molecule has 0 aliphatic heterocycles. The van der Waals surface area contributed by atoms with E-state index in [4.69, 9.17) is 4.74 Å². The summed E-state index contributed by atoms with van der Waals surface area (Å²) in [5, 5.41) is 5.68. The Bertz CT molecular complexity index is 524. The Morgan fingerprint density at radius 1 is 1.53 bits per heavy atom. The lowest BCUT2D eigenvalue weighted by Gasteiger charge is -2.12. The zero-order valence-electron chi connectivity index (χ0n) is 11.3. The lowest BCUT2D eigenvalue weighted by Crippen LogP contribution is -2.33. The molecule has 1 rings (SSSR count). The number of H-pyrrole nitrogens is 1. The molecule has 0 fully saturated rings. The van der Waals surface area contributed by atoms with Crippen molar-refractivity contribution >= 4 is 16.0 Å². The van der Waals surface area contributed by atoms with Crippen LogP contribution in [0.25, 0.3) is 0 Å². The Morgan fingerprint density at radius 3 is 2.79 bits per heavy atom. The van der Waals surface area contributed by atoms with Gasteiger partial charge < -0.3 is 4.74 Å². The number of esters is 1. The number of ether oxygens (including phenoxy) is 1. The number of nitrogens with one attached hydrogen (secondary N) is 2. The maximum Gasteiger partial charge on any atom is 0.342 e. The minimum absolute atomic E-state index is 0.0851. The molecule has 0 saturated heterocycles. The lowest BCUT2D eigenvalue weighted by molar-refractivity contribution is 0.0522. The molecule has 0 saturated carbocycles. The standard InChI is InChI=1S/C11H19N3O4S/c1-4-6-8(3)14-19(16,17)10-9(7-12-13-10)11(15)18-5-2/h7-8,14H,4-6H2,1-3H3,(H,12,13). The summed E-state index contributed by atoms with van der Waals surface area (Å²) in [7, 11) is -3.80. The highest BCUT2D eigenvalue weighted by Gasteiger charge is 2.26. The molecular weight excluding hydrogens is 270 g/mol. The zero-order chi connectivity index (χ0) is 14.5. The predicted octanol–water partition coefficient (Wildman–Crippen LogP) is 1.05. The van der Waals surface area contributed by atoms with Gasteiger partial charge in [0.15, 0.2) is 5.03 Å². The second-order valence-electron chi connectivity index (χ2n) is 4.14. The summed E-state index contributed by atoms with van der Waals surface area (Å²) in [4.78, 5) is 11.6. The van der Waals surface area contributed by atoms with Crippen LogP contribution >= 0.6 is 0 Å². The second kappa shape index (κ2) is 6.67. The first-order valence-electron chi connectivity index (χ1n) is 6.15. The zero-order valence-corrected chi connectivity index (χ0v) is 12.1. The van der Waals surface area contributed by atoms with E-state index in [1.54, 1.807) is 13.8 Å². The Morgan fingerprint density at radius 2 is 2.21 bits per heavy atom. The number of hydrogen-bond acceptors (Lipinski definition) is 5. The molecule has 1 aromatic rings. The molecule has 1 atom stereocenters. The third-order valence-corrected chi connectivity index (χ3v) is 4.01. The van der Waals surface area contributed by atoms with E-state index in [0.29, 0.717) is 6.42 Å². The van der Waals surface area contributed by atoms with Gasteiger partial charge >= 0.3 is 5.97 Å². The first-order valence-corrected chi connectivity index (χ1v) is 7.63. The predicted molar refractivity (Wildman–Crippen MR) is 69.2 cm³/mol. The van der Waals surface area contributed by atoms with Crippen LogP contribution in [0.4, 0.5) is 0 Å². The number of sulfonamides is 1. The smallest absolute Gasteiger partial charge is 0.342 e. The van der Waals surface area contributed by atoms with Crippen molar-refractivity contribution in [3.63, 3.8) is 0 Å². The van der Waals surface area contributed by atoms with E-state index in [-0.39, 0.29) is 23.2 Å². The van der Waals surface area contributed by atoms with Gasteiger partial charge in [0, 0.05) is 6.04 Å². The molecule has 19 heavy (non-hydrogen) atoms. The number of aromatic nitrogens is 2. The molecule has 1 unspecified atom stereocenters. The van der Waals surface area contributed by atoms with Crippen LogP contribution in [0.5, 0.6) is 0 Å². The molecule has 0 amide bonds. The highest BCUT2D eigenvalue weighted by Crippen LogP contribution is 2.14. The van der Waals surface area contributed by atoms with Crippen LogP contribution in [-0.4, -0.2) is 37.2 Å². The third-order valence-electron chi connectivity index (χ3n) is 2.45. The van der Waals surface area contributed by atoms with Crippen molar-refractivity contribution in [2.75, 3.05) is 6.61 Å². The minimum Gasteiger partial charge on any atom is -0.462 e. The molecule has 1 aromatic heterocycles. The maximum absolute atomic E-state index is 12.1. The molecule has 7 nitrogen and oxygen atoms in total. The van der Waals surface area contributed by atoms with Gasteiger partial charge in [-0.2, -0.15) is 5.10 Å². The summed E-state index contributed by atoms with van der Waals surface area (Å²) < 4.78 is 31.5. The average Bonchev–Trinajstić information content (AvgIpc) is 2.78. The van der Waals surface area contributed by atoms with Crippen LogP contribution in [-0.2, 0) is 14.8 Å². The van der Waals surface area contributed by atoms with Gasteiger partial charge in [0.25, 0.3) is 10.0 Å². The average molecular weight is 289 g/mol. The topological polar surface area (TPSA) is 101 Å². The summed E-state index contributed by atoms with van der Waals surface area (Å²) in [5.41, 5.74) is -0.0851. The van der Waals surface area contributed by atoms with Crippen molar-refractivity contribution in [1.82, 2.24) is 14.9 Å². The highest BCUT2D eigenvalue weighted by atomic mass is 32.2. The van der Waals surface area contributed by atoms with Gasteiger partial charge in [0.2, 0.25) is 0 Å². The molecule has 108 valence electrons. The van der Waals surface area contributed by atoms with Crippen LogP contribution in [0.1, 0.15) is 44.0 Å². The van der Waals surface area contributed by atoms with Crippen molar-refractivity contribution < 1.29 is 17.9 Å². The van der Waals surface area contributed by atoms with E-state index in [1.807, 2.05) is 6.92 Å². The molecule has 2 N–H and O–H groups in total. The molecule has 1 heterocycles. The van der Waals surface area contributed by atoms with E-state index in [9.17, 15) is 13.2 Å². The summed E-state index contributed by atoms with van der Waals surface area (Å²) in [6, 6.07) is -0.214. The van der Waals surface area contributed by atoms with E-state index >= 15 is 0 Å². The van der Waals surface area contributed by atoms with Crippen molar-refractivity contribution in [3.8, 4) is 0 Å². The van der Waals surface area contributed by atoms with Gasteiger partial charge in [-0.1, -0.05) is 13.3 Å². The van der Waals surface area contributed by atoms with E-state index in [0.717, 1.165) is 12.6 Å². The summed E-state index contributed by atoms with van der Waals surface area (Å²) in [5.74, 6) is -0.709. The van der Waals surface area contributed by atoms with Crippen LogP contribution in [0.15, 0.2) is 11.2 Å². The molecule has 0 radical (unpaired) electrons. The Balaban J connectivity index is 2.96. The van der Waals surface area contributed by atoms with Gasteiger partial charge in [0.05, 0.1) is 12.8 Å². The number of nitrogens with zero attached hydrogens (tertiary/aromatic N) is 1. The molecule has 0 aliphatic rings. The minimum atomic E-state index is -3.80. The van der Waals surface area contributed by atoms with Gasteiger partial charge in [-0.3, -0.25) is 5.10 Å². The van der Waals surface area contributed by atoms with E-state index < -0.39 is 16.0 Å². The molecule has 8 heteroatoms. The molecule has 0 aromatic carbocycles. The summed E-state index contributed by atoms with van der Waals surface area (Å²) >= 11 is 0. The monoisotopic (exact) mass is 289 g/mol. The Hall–Kier alpha value is -1.41. The van der Waals surface area contributed by atoms with Gasteiger partial charge in [-0.05, 0) is 20.3 Å². The number of rotatable bonds is 7. The SMILES string of the molecule is CCCC(C)NS(=O)(=O)c1[nH]ncc1C(=O)OCC. The van der Waals surface area contributed by atoms with E-state index in [2.05, 4.69) is 14.9 Å². The lowest BCUT2D eigenvalue weighted by atomic mass is 10.2. The Labute approximate surface area is 112 Å². The van der Waals surface area contributed by atoms with Crippen molar-refractivity contribution in [1.29, 1.82) is 0 Å². The first kappa shape index (κ1) is 15.6. The van der Waals surface area contributed by atoms with E-state index in [1.165, 1.54) is 0 Å². The van der Waals surface area contributed by atoms with Crippen LogP contribution < -0.4 is 4.72 Å². The fourth-order valence-electron chi connectivity index (χ4n) is 1.65. The van der Waals surface area contributed by atoms with Crippen molar-refractivity contribution in [2.24, 2.45) is 0 Å². The fraction of sp³-hybridized carbons (Fsp3) is 0.636. The normalized spacial score (nSPS) is 13.2. The van der Waals surface area contributed by atoms with Gasteiger partial charge in [-0.25, -0.2) is 17.9 Å². The molecule has 0 aliphatic carbocycles. The maximum atomic E-state index is 12.1. The number of aromatic amines is 1.